The van der Waals surface area contributed by atoms with Crippen LogP contribution in [0.2, 0.25) is 0 Å². The summed E-state index contributed by atoms with van der Waals surface area (Å²) in [5.41, 5.74) is -0.381. The van der Waals surface area contributed by atoms with Crippen LogP contribution >= 0.6 is 0 Å². The molecule has 4 heteroatoms. The van der Waals surface area contributed by atoms with E-state index in [2.05, 4.69) is 6.58 Å². The van der Waals surface area contributed by atoms with Crippen LogP contribution < -0.4 is 0 Å². The van der Waals surface area contributed by atoms with E-state index in [1.165, 1.54) is 17.0 Å². The van der Waals surface area contributed by atoms with Gasteiger partial charge in [0.15, 0.2) is 0 Å². The molecule has 92 valence electrons. The van der Waals surface area contributed by atoms with Crippen molar-refractivity contribution in [3.05, 3.63) is 41.5 Å². The van der Waals surface area contributed by atoms with Crippen molar-refractivity contribution < 1.29 is 13.6 Å². The minimum absolute atomic E-state index is 0.127. The van der Waals surface area contributed by atoms with E-state index in [0.29, 0.717) is 13.1 Å². The van der Waals surface area contributed by atoms with Gasteiger partial charge < -0.3 is 4.90 Å². The molecule has 1 aromatic carbocycles. The Morgan fingerprint density at radius 1 is 1.35 bits per heavy atom. The van der Waals surface area contributed by atoms with Gasteiger partial charge in [0.2, 0.25) is 0 Å². The first-order valence-corrected chi connectivity index (χ1v) is 5.46. The minimum Gasteiger partial charge on any atom is -0.339 e. The number of nitrogens with zero attached hydrogens (tertiary/aromatic N) is 1. The third-order valence-corrected chi connectivity index (χ3v) is 2.61. The van der Waals surface area contributed by atoms with Gasteiger partial charge in [-0.15, -0.1) is 0 Å². The van der Waals surface area contributed by atoms with Crippen LogP contribution in [0.4, 0.5) is 8.78 Å². The van der Waals surface area contributed by atoms with Crippen molar-refractivity contribution in [3.63, 3.8) is 0 Å². The van der Waals surface area contributed by atoms with Gasteiger partial charge in [0.05, 0.1) is 0 Å². The average molecular weight is 239 g/mol. The van der Waals surface area contributed by atoms with E-state index in [9.17, 15) is 13.6 Å². The van der Waals surface area contributed by atoms with Crippen LogP contribution in [-0.4, -0.2) is 23.9 Å². The van der Waals surface area contributed by atoms with Gasteiger partial charge in [0.25, 0.3) is 5.91 Å². The first kappa shape index (κ1) is 13.4. The molecule has 0 aliphatic carbocycles. The third-order valence-electron chi connectivity index (χ3n) is 2.61. The molecule has 0 atom stereocenters. The maximum atomic E-state index is 13.9. The Labute approximate surface area is 99.5 Å². The molecule has 0 fully saturated rings. The van der Waals surface area contributed by atoms with Crippen LogP contribution in [0.5, 0.6) is 0 Å². The highest BCUT2D eigenvalue weighted by Crippen LogP contribution is 2.19. The predicted molar refractivity (Wildman–Crippen MR) is 63.7 cm³/mol. The summed E-state index contributed by atoms with van der Waals surface area (Å²) in [4.78, 5) is 13.3. The molecule has 0 heterocycles. The summed E-state index contributed by atoms with van der Waals surface area (Å²) in [5, 5.41) is 0. The van der Waals surface area contributed by atoms with Crippen molar-refractivity contribution in [1.29, 1.82) is 0 Å². The number of amides is 1. The topological polar surface area (TPSA) is 20.3 Å². The number of hydrogen-bond acceptors (Lipinski definition) is 1. The number of halogens is 2. The second-order valence-electron chi connectivity index (χ2n) is 3.51. The monoisotopic (exact) mass is 239 g/mol. The predicted octanol–water partition coefficient (Wildman–Crippen LogP) is 3.09. The number of hydrogen-bond donors (Lipinski definition) is 0. The molecule has 1 rings (SSSR count). The summed E-state index contributed by atoms with van der Waals surface area (Å²) in [5.74, 6) is -2.32. The Hall–Kier alpha value is -1.71. The Kier molecular flexibility index (Phi) is 4.37. The van der Waals surface area contributed by atoms with E-state index in [0.717, 1.165) is 6.07 Å². The molecule has 0 spiro atoms. The summed E-state index contributed by atoms with van der Waals surface area (Å²) in [6.45, 7) is 7.76. The van der Waals surface area contributed by atoms with Crippen molar-refractivity contribution in [1.82, 2.24) is 4.90 Å². The van der Waals surface area contributed by atoms with Crippen LogP contribution in [0.15, 0.2) is 18.7 Å². The lowest BCUT2D eigenvalue weighted by atomic mass is 10.1. The second kappa shape index (κ2) is 5.57. The summed E-state index contributed by atoms with van der Waals surface area (Å²) in [6.07, 6.45) is 1.26. The van der Waals surface area contributed by atoms with Crippen LogP contribution in [0.3, 0.4) is 0 Å². The Morgan fingerprint density at radius 2 is 1.94 bits per heavy atom. The smallest absolute Gasteiger partial charge is 0.259 e. The zero-order chi connectivity index (χ0) is 13.0. The van der Waals surface area contributed by atoms with Crippen LogP contribution in [0.1, 0.15) is 29.8 Å². The van der Waals surface area contributed by atoms with Gasteiger partial charge in [0, 0.05) is 18.7 Å². The van der Waals surface area contributed by atoms with E-state index in [4.69, 9.17) is 0 Å². The molecule has 2 nitrogen and oxygen atoms in total. The highest BCUT2D eigenvalue weighted by Gasteiger charge is 2.22. The van der Waals surface area contributed by atoms with E-state index >= 15 is 0 Å². The average Bonchev–Trinajstić information content (AvgIpc) is 2.31. The number of benzene rings is 1. The van der Waals surface area contributed by atoms with Crippen LogP contribution in [0, 0.1) is 11.6 Å². The van der Waals surface area contributed by atoms with Crippen molar-refractivity contribution in [2.24, 2.45) is 0 Å². The van der Waals surface area contributed by atoms with E-state index in [-0.39, 0.29) is 5.56 Å². The highest BCUT2D eigenvalue weighted by molar-refractivity contribution is 5.95. The molecule has 1 aromatic rings. The molecule has 0 bridgehead atoms. The van der Waals surface area contributed by atoms with Gasteiger partial charge in [-0.3, -0.25) is 4.79 Å². The first-order chi connectivity index (χ1) is 8.06. The summed E-state index contributed by atoms with van der Waals surface area (Å²) in [6, 6.07) is 2.34. The van der Waals surface area contributed by atoms with Crippen LogP contribution in [-0.2, 0) is 0 Å². The standard InChI is InChI=1S/C13H15F2NO/c1-4-9-7-8-10(14)11(12(9)15)13(17)16(5-2)6-3/h4,7-8H,1,5-6H2,2-3H3. The number of rotatable bonds is 4. The van der Waals surface area contributed by atoms with Crippen molar-refractivity contribution >= 4 is 12.0 Å². The molecule has 0 aromatic heterocycles. The number of carbonyl (C=O) groups excluding carboxylic acids is 1. The van der Waals surface area contributed by atoms with Crippen molar-refractivity contribution in [2.75, 3.05) is 13.1 Å². The SMILES string of the molecule is C=Cc1ccc(F)c(C(=O)N(CC)CC)c1F. The molecule has 0 saturated heterocycles. The fourth-order valence-corrected chi connectivity index (χ4v) is 1.59. The summed E-state index contributed by atoms with van der Waals surface area (Å²) in [7, 11) is 0. The second-order valence-corrected chi connectivity index (χ2v) is 3.51. The lowest BCUT2D eigenvalue weighted by Crippen LogP contribution is -2.32. The fourth-order valence-electron chi connectivity index (χ4n) is 1.59. The zero-order valence-corrected chi connectivity index (χ0v) is 9.96. The molecule has 0 aliphatic rings. The molecule has 0 radical (unpaired) electrons. The number of carbonyl (C=O) groups is 1. The van der Waals surface area contributed by atoms with Gasteiger partial charge in [-0.25, -0.2) is 8.78 Å². The largest absolute Gasteiger partial charge is 0.339 e. The molecule has 0 unspecified atom stereocenters. The van der Waals surface area contributed by atoms with E-state index in [1.54, 1.807) is 13.8 Å². The summed E-state index contributed by atoms with van der Waals surface area (Å²) >= 11 is 0. The molecular weight excluding hydrogens is 224 g/mol. The quantitative estimate of drug-likeness (QED) is 0.790. The Balaban J connectivity index is 3.29. The van der Waals surface area contributed by atoms with E-state index < -0.39 is 23.1 Å². The van der Waals surface area contributed by atoms with Crippen LogP contribution in [0.25, 0.3) is 6.08 Å². The molecule has 0 aliphatic heterocycles. The highest BCUT2D eigenvalue weighted by atomic mass is 19.1. The van der Waals surface area contributed by atoms with Gasteiger partial charge in [-0.05, 0) is 26.0 Å². The zero-order valence-electron chi connectivity index (χ0n) is 9.96. The van der Waals surface area contributed by atoms with Gasteiger partial charge >= 0.3 is 0 Å². The third kappa shape index (κ3) is 2.52. The van der Waals surface area contributed by atoms with Gasteiger partial charge in [-0.1, -0.05) is 12.7 Å². The van der Waals surface area contributed by atoms with E-state index in [1.807, 2.05) is 0 Å². The molecule has 0 N–H and O–H groups in total. The van der Waals surface area contributed by atoms with Gasteiger partial charge in [0.1, 0.15) is 17.2 Å². The fraction of sp³-hybridized carbons (Fsp3) is 0.308. The normalized spacial score (nSPS) is 10.1. The lowest BCUT2D eigenvalue weighted by Gasteiger charge is -2.19. The maximum Gasteiger partial charge on any atom is 0.259 e. The first-order valence-electron chi connectivity index (χ1n) is 5.46. The molecular formula is C13H15F2NO. The minimum atomic E-state index is -0.850. The Bertz CT molecular complexity index is 439. The molecule has 1 amide bonds. The van der Waals surface area contributed by atoms with Crippen molar-refractivity contribution in [2.45, 2.75) is 13.8 Å². The van der Waals surface area contributed by atoms with Gasteiger partial charge in [-0.2, -0.15) is 0 Å². The molecule has 17 heavy (non-hydrogen) atoms. The lowest BCUT2D eigenvalue weighted by molar-refractivity contribution is 0.0763. The maximum absolute atomic E-state index is 13.9. The summed E-state index contributed by atoms with van der Waals surface area (Å²) < 4.78 is 27.4. The Morgan fingerprint density at radius 3 is 2.41 bits per heavy atom. The molecule has 0 saturated carbocycles. The van der Waals surface area contributed by atoms with Crippen molar-refractivity contribution in [3.8, 4) is 0 Å².